The molecule has 0 heterocycles. The van der Waals surface area contributed by atoms with Crippen molar-refractivity contribution in [2.45, 2.75) is 19.6 Å². The number of ether oxygens (including phenoxy) is 1. The maximum absolute atomic E-state index is 11.6. The minimum Gasteiger partial charge on any atom is -0.364 e. The number of carbonyl (C=O) groups excluding carboxylic acids is 1. The van der Waals surface area contributed by atoms with E-state index in [0.29, 0.717) is 6.61 Å². The number of nitrogens with zero attached hydrogens (tertiary/aromatic N) is 1. The molecular formula is C12H17NO3. The molecule has 0 aliphatic carbocycles. The van der Waals surface area contributed by atoms with Gasteiger partial charge in [0.1, 0.15) is 6.10 Å². The van der Waals surface area contributed by atoms with Gasteiger partial charge in [0.05, 0.1) is 13.7 Å². The van der Waals surface area contributed by atoms with Crippen molar-refractivity contribution in [2.75, 3.05) is 14.2 Å². The van der Waals surface area contributed by atoms with Crippen molar-refractivity contribution in [3.8, 4) is 0 Å². The minimum atomic E-state index is -0.509. The molecule has 1 amide bonds. The average Bonchev–Trinajstić information content (AvgIpc) is 2.35. The topological polar surface area (TPSA) is 38.8 Å². The lowest BCUT2D eigenvalue weighted by molar-refractivity contribution is -0.180. The SMILES string of the molecule is CON(C)C(=O)C(C)OCc1ccccc1. The fourth-order valence-electron chi connectivity index (χ4n) is 1.21. The Kier molecular flexibility index (Phi) is 4.95. The highest BCUT2D eigenvalue weighted by molar-refractivity contribution is 5.79. The van der Waals surface area contributed by atoms with E-state index in [2.05, 4.69) is 0 Å². The van der Waals surface area contributed by atoms with Gasteiger partial charge in [-0.05, 0) is 12.5 Å². The van der Waals surface area contributed by atoms with Crippen LogP contribution >= 0.6 is 0 Å². The van der Waals surface area contributed by atoms with Crippen LogP contribution in [0.2, 0.25) is 0 Å². The summed E-state index contributed by atoms with van der Waals surface area (Å²) in [6.07, 6.45) is -0.509. The van der Waals surface area contributed by atoms with Crippen LogP contribution in [-0.2, 0) is 21.0 Å². The van der Waals surface area contributed by atoms with Crippen LogP contribution in [0.4, 0.5) is 0 Å². The summed E-state index contributed by atoms with van der Waals surface area (Å²) in [7, 11) is 3.01. The summed E-state index contributed by atoms with van der Waals surface area (Å²) >= 11 is 0. The van der Waals surface area contributed by atoms with Gasteiger partial charge in [0.15, 0.2) is 0 Å². The van der Waals surface area contributed by atoms with Gasteiger partial charge < -0.3 is 4.74 Å². The van der Waals surface area contributed by atoms with E-state index < -0.39 is 6.10 Å². The first-order valence-corrected chi connectivity index (χ1v) is 5.12. The fraction of sp³-hybridized carbons (Fsp3) is 0.417. The van der Waals surface area contributed by atoms with Gasteiger partial charge in [0.2, 0.25) is 0 Å². The first-order chi connectivity index (χ1) is 7.65. The third kappa shape index (κ3) is 3.64. The Bertz CT molecular complexity index is 326. The number of hydroxylamine groups is 2. The van der Waals surface area contributed by atoms with Gasteiger partial charge in [-0.2, -0.15) is 0 Å². The molecule has 0 aliphatic rings. The highest BCUT2D eigenvalue weighted by atomic mass is 16.7. The fourth-order valence-corrected chi connectivity index (χ4v) is 1.21. The van der Waals surface area contributed by atoms with Gasteiger partial charge in [0, 0.05) is 7.05 Å². The molecule has 1 unspecified atom stereocenters. The molecule has 1 aromatic carbocycles. The van der Waals surface area contributed by atoms with Gasteiger partial charge in [-0.25, -0.2) is 5.06 Å². The molecule has 4 nitrogen and oxygen atoms in total. The maximum Gasteiger partial charge on any atom is 0.274 e. The van der Waals surface area contributed by atoms with E-state index in [0.717, 1.165) is 10.6 Å². The summed E-state index contributed by atoms with van der Waals surface area (Å²) < 4.78 is 5.44. The molecular weight excluding hydrogens is 206 g/mol. The lowest BCUT2D eigenvalue weighted by Crippen LogP contribution is -2.35. The summed E-state index contributed by atoms with van der Waals surface area (Å²) in [6, 6.07) is 9.73. The standard InChI is InChI=1S/C12H17NO3/c1-10(12(14)13(2)15-3)16-9-11-7-5-4-6-8-11/h4-8,10H,9H2,1-3H3. The molecule has 88 valence electrons. The van der Waals surface area contributed by atoms with Crippen molar-refractivity contribution in [3.05, 3.63) is 35.9 Å². The molecule has 0 saturated heterocycles. The second-order valence-corrected chi connectivity index (χ2v) is 3.46. The lowest BCUT2D eigenvalue weighted by atomic mass is 10.2. The minimum absolute atomic E-state index is 0.196. The Balaban J connectivity index is 2.41. The van der Waals surface area contributed by atoms with E-state index in [1.165, 1.54) is 7.11 Å². The Morgan fingerprint density at radius 1 is 1.38 bits per heavy atom. The van der Waals surface area contributed by atoms with Crippen molar-refractivity contribution in [1.82, 2.24) is 5.06 Å². The average molecular weight is 223 g/mol. The predicted octanol–water partition coefficient (Wildman–Crippen LogP) is 1.61. The van der Waals surface area contributed by atoms with E-state index in [1.54, 1.807) is 14.0 Å². The summed E-state index contributed by atoms with van der Waals surface area (Å²) in [5.41, 5.74) is 1.04. The number of hydrogen-bond acceptors (Lipinski definition) is 3. The maximum atomic E-state index is 11.6. The Morgan fingerprint density at radius 3 is 2.56 bits per heavy atom. The molecule has 1 rings (SSSR count). The van der Waals surface area contributed by atoms with Crippen molar-refractivity contribution < 1.29 is 14.4 Å². The number of carbonyl (C=O) groups is 1. The highest BCUT2D eigenvalue weighted by Gasteiger charge is 2.17. The van der Waals surface area contributed by atoms with E-state index >= 15 is 0 Å². The largest absolute Gasteiger partial charge is 0.364 e. The van der Waals surface area contributed by atoms with Crippen LogP contribution in [0.1, 0.15) is 12.5 Å². The number of likely N-dealkylation sites (N-methyl/N-ethyl adjacent to an activating group) is 1. The Labute approximate surface area is 95.7 Å². The van der Waals surface area contributed by atoms with Crippen LogP contribution in [0.3, 0.4) is 0 Å². The van der Waals surface area contributed by atoms with E-state index in [4.69, 9.17) is 9.57 Å². The normalized spacial score (nSPS) is 12.2. The van der Waals surface area contributed by atoms with E-state index in [9.17, 15) is 4.79 Å². The molecule has 0 saturated carbocycles. The first kappa shape index (κ1) is 12.7. The molecule has 0 fully saturated rings. The number of amides is 1. The van der Waals surface area contributed by atoms with Crippen molar-refractivity contribution in [2.24, 2.45) is 0 Å². The van der Waals surface area contributed by atoms with Crippen molar-refractivity contribution >= 4 is 5.91 Å². The molecule has 1 atom stereocenters. The van der Waals surface area contributed by atoms with Gasteiger partial charge in [0.25, 0.3) is 5.91 Å². The zero-order valence-electron chi connectivity index (χ0n) is 9.84. The summed E-state index contributed by atoms with van der Waals surface area (Å²) in [4.78, 5) is 16.4. The second-order valence-electron chi connectivity index (χ2n) is 3.46. The molecule has 16 heavy (non-hydrogen) atoms. The van der Waals surface area contributed by atoms with Gasteiger partial charge in [-0.3, -0.25) is 9.63 Å². The van der Waals surface area contributed by atoms with Crippen LogP contribution in [-0.4, -0.2) is 31.2 Å². The van der Waals surface area contributed by atoms with Crippen LogP contribution in [0.15, 0.2) is 30.3 Å². The van der Waals surface area contributed by atoms with E-state index in [-0.39, 0.29) is 5.91 Å². The quantitative estimate of drug-likeness (QED) is 0.712. The van der Waals surface area contributed by atoms with Gasteiger partial charge >= 0.3 is 0 Å². The van der Waals surface area contributed by atoms with Crippen molar-refractivity contribution in [3.63, 3.8) is 0 Å². The summed E-state index contributed by atoms with van der Waals surface area (Å²) in [6.45, 7) is 2.13. The molecule has 0 aromatic heterocycles. The molecule has 1 aromatic rings. The lowest BCUT2D eigenvalue weighted by Gasteiger charge is -2.18. The Hall–Kier alpha value is -1.39. The number of rotatable bonds is 5. The summed E-state index contributed by atoms with van der Waals surface area (Å²) in [5.74, 6) is -0.196. The zero-order valence-corrected chi connectivity index (χ0v) is 9.84. The van der Waals surface area contributed by atoms with Crippen LogP contribution in [0, 0.1) is 0 Å². The monoisotopic (exact) mass is 223 g/mol. The zero-order chi connectivity index (χ0) is 12.0. The molecule has 0 aliphatic heterocycles. The molecule has 0 spiro atoms. The van der Waals surface area contributed by atoms with Gasteiger partial charge in [-0.1, -0.05) is 30.3 Å². The van der Waals surface area contributed by atoms with Gasteiger partial charge in [-0.15, -0.1) is 0 Å². The van der Waals surface area contributed by atoms with Crippen LogP contribution < -0.4 is 0 Å². The van der Waals surface area contributed by atoms with E-state index in [1.807, 2.05) is 30.3 Å². The second kappa shape index (κ2) is 6.25. The molecule has 4 heteroatoms. The first-order valence-electron chi connectivity index (χ1n) is 5.12. The van der Waals surface area contributed by atoms with Crippen LogP contribution in [0.25, 0.3) is 0 Å². The highest BCUT2D eigenvalue weighted by Crippen LogP contribution is 2.05. The Morgan fingerprint density at radius 2 is 2.00 bits per heavy atom. The summed E-state index contributed by atoms with van der Waals surface area (Å²) in [5, 5.41) is 1.16. The number of hydrogen-bond donors (Lipinski definition) is 0. The predicted molar refractivity (Wildman–Crippen MR) is 60.5 cm³/mol. The third-order valence-corrected chi connectivity index (χ3v) is 2.27. The smallest absolute Gasteiger partial charge is 0.274 e. The molecule has 0 bridgehead atoms. The molecule has 0 radical (unpaired) electrons. The molecule has 0 N–H and O–H groups in total. The van der Waals surface area contributed by atoms with Crippen LogP contribution in [0.5, 0.6) is 0 Å². The third-order valence-electron chi connectivity index (χ3n) is 2.27. The van der Waals surface area contributed by atoms with Crippen molar-refractivity contribution in [1.29, 1.82) is 0 Å². The number of benzene rings is 1.